The van der Waals surface area contributed by atoms with Crippen LogP contribution >= 0.6 is 0 Å². The van der Waals surface area contributed by atoms with Crippen molar-refractivity contribution in [2.24, 2.45) is 5.73 Å². The maximum Gasteiger partial charge on any atom is 0.401 e. The first-order valence-corrected chi connectivity index (χ1v) is 6.57. The first-order chi connectivity index (χ1) is 9.89. The van der Waals surface area contributed by atoms with Gasteiger partial charge in [-0.15, -0.1) is 5.10 Å². The molecule has 0 aliphatic carbocycles. The lowest BCUT2D eigenvalue weighted by Gasteiger charge is -2.34. The lowest BCUT2D eigenvalue weighted by Crippen LogP contribution is -2.51. The fourth-order valence-corrected chi connectivity index (χ4v) is 2.16. The first kappa shape index (κ1) is 15.7. The van der Waals surface area contributed by atoms with Crippen LogP contribution in [0.25, 0.3) is 0 Å². The van der Waals surface area contributed by atoms with Gasteiger partial charge in [0.1, 0.15) is 0 Å². The first-order valence-electron chi connectivity index (χ1n) is 6.57. The van der Waals surface area contributed by atoms with E-state index in [0.717, 1.165) is 0 Å². The highest BCUT2D eigenvalue weighted by molar-refractivity contribution is 5.92. The molecule has 1 fully saturated rings. The van der Waals surface area contributed by atoms with Crippen molar-refractivity contribution in [1.29, 1.82) is 0 Å². The summed E-state index contributed by atoms with van der Waals surface area (Å²) in [4.78, 5) is 14.9. The van der Waals surface area contributed by atoms with Crippen LogP contribution in [0, 0.1) is 0 Å². The van der Waals surface area contributed by atoms with Gasteiger partial charge >= 0.3 is 6.18 Å². The van der Waals surface area contributed by atoms with Gasteiger partial charge in [0.25, 0.3) is 5.91 Å². The zero-order valence-corrected chi connectivity index (χ0v) is 11.4. The number of piperazine rings is 1. The Hall–Kier alpha value is -1.68. The van der Waals surface area contributed by atoms with E-state index in [1.165, 1.54) is 20.7 Å². The number of nitrogens with two attached hydrogens (primary N) is 1. The molecule has 1 aliphatic rings. The number of aromatic nitrogens is 3. The largest absolute Gasteiger partial charge is 0.401 e. The number of hydrogen-bond donors (Lipinski definition) is 1. The van der Waals surface area contributed by atoms with E-state index in [2.05, 4.69) is 10.3 Å². The average molecular weight is 306 g/mol. The maximum atomic E-state index is 12.3. The van der Waals surface area contributed by atoms with E-state index >= 15 is 0 Å². The van der Waals surface area contributed by atoms with Crippen LogP contribution in [0.3, 0.4) is 0 Å². The van der Waals surface area contributed by atoms with Crippen LogP contribution in [-0.4, -0.2) is 76.1 Å². The summed E-state index contributed by atoms with van der Waals surface area (Å²) in [5.41, 5.74) is 5.56. The van der Waals surface area contributed by atoms with Crippen LogP contribution in [0.5, 0.6) is 0 Å². The summed E-state index contributed by atoms with van der Waals surface area (Å²) in [6.07, 6.45) is -2.71. The molecule has 1 saturated heterocycles. The lowest BCUT2D eigenvalue weighted by molar-refractivity contribution is -0.148. The van der Waals surface area contributed by atoms with Crippen molar-refractivity contribution in [2.45, 2.75) is 12.7 Å². The zero-order valence-electron chi connectivity index (χ0n) is 11.4. The van der Waals surface area contributed by atoms with Crippen molar-refractivity contribution in [3.63, 3.8) is 0 Å². The van der Waals surface area contributed by atoms with Gasteiger partial charge in [-0.2, -0.15) is 13.2 Å². The van der Waals surface area contributed by atoms with Crippen molar-refractivity contribution >= 4 is 5.91 Å². The van der Waals surface area contributed by atoms with Crippen LogP contribution < -0.4 is 5.73 Å². The van der Waals surface area contributed by atoms with Gasteiger partial charge in [-0.1, -0.05) is 5.21 Å². The number of carbonyl (C=O) groups is 1. The Bertz CT molecular complexity index is 481. The summed E-state index contributed by atoms with van der Waals surface area (Å²) < 4.78 is 38.3. The van der Waals surface area contributed by atoms with E-state index in [1.807, 2.05) is 0 Å². The van der Waals surface area contributed by atoms with Crippen LogP contribution in [-0.2, 0) is 6.54 Å². The molecule has 10 heteroatoms. The van der Waals surface area contributed by atoms with E-state index in [4.69, 9.17) is 5.73 Å². The standard InChI is InChI=1S/C11H17F3N6O/c12-11(13,14)8-18-3-5-19(6-4-18)10(21)9-7-20(2-1-15)17-16-9/h7H,1-6,8,15H2. The minimum absolute atomic E-state index is 0.188. The van der Waals surface area contributed by atoms with Crippen LogP contribution in [0.1, 0.15) is 10.5 Å². The van der Waals surface area contributed by atoms with Crippen molar-refractivity contribution in [3.8, 4) is 0 Å². The molecule has 0 unspecified atom stereocenters. The fraction of sp³-hybridized carbons (Fsp3) is 0.727. The molecular weight excluding hydrogens is 289 g/mol. The minimum Gasteiger partial charge on any atom is -0.335 e. The predicted octanol–water partition coefficient (Wildman–Crippen LogP) is -0.443. The zero-order chi connectivity index (χ0) is 15.5. The summed E-state index contributed by atoms with van der Waals surface area (Å²) in [6, 6.07) is 0. The molecule has 1 aliphatic heterocycles. The molecule has 0 bridgehead atoms. The van der Waals surface area contributed by atoms with Gasteiger partial charge < -0.3 is 10.6 Å². The fourth-order valence-electron chi connectivity index (χ4n) is 2.16. The number of carbonyl (C=O) groups excluding carboxylic acids is 1. The molecule has 7 nitrogen and oxygen atoms in total. The molecule has 2 N–H and O–H groups in total. The van der Waals surface area contributed by atoms with Crippen molar-refractivity contribution < 1.29 is 18.0 Å². The second-order valence-corrected chi connectivity index (χ2v) is 4.84. The number of halogens is 3. The SMILES string of the molecule is NCCn1cc(C(=O)N2CCN(CC(F)(F)F)CC2)nn1. The topological polar surface area (TPSA) is 80.3 Å². The monoisotopic (exact) mass is 306 g/mol. The van der Waals surface area contributed by atoms with Crippen LogP contribution in [0.2, 0.25) is 0 Å². The highest BCUT2D eigenvalue weighted by Crippen LogP contribution is 2.17. The quantitative estimate of drug-likeness (QED) is 0.815. The summed E-state index contributed by atoms with van der Waals surface area (Å²) in [6.45, 7) is 0.788. The van der Waals surface area contributed by atoms with E-state index in [1.54, 1.807) is 0 Å². The number of nitrogens with zero attached hydrogens (tertiary/aromatic N) is 5. The van der Waals surface area contributed by atoms with E-state index in [0.29, 0.717) is 13.1 Å². The van der Waals surface area contributed by atoms with Crippen molar-refractivity contribution in [1.82, 2.24) is 24.8 Å². The molecule has 118 valence electrons. The summed E-state index contributed by atoms with van der Waals surface area (Å²) in [5, 5.41) is 7.53. The van der Waals surface area contributed by atoms with E-state index in [-0.39, 0.29) is 37.8 Å². The second-order valence-electron chi connectivity index (χ2n) is 4.84. The van der Waals surface area contributed by atoms with Gasteiger partial charge in [0, 0.05) is 32.7 Å². The molecule has 1 aromatic rings. The third-order valence-electron chi connectivity index (χ3n) is 3.18. The summed E-state index contributed by atoms with van der Waals surface area (Å²) in [5.74, 6) is -0.315. The van der Waals surface area contributed by atoms with Crippen LogP contribution in [0.4, 0.5) is 13.2 Å². The summed E-state index contributed by atoms with van der Waals surface area (Å²) in [7, 11) is 0. The molecule has 0 spiro atoms. The van der Waals surface area contributed by atoms with Gasteiger partial charge in [0.15, 0.2) is 5.69 Å². The third-order valence-corrected chi connectivity index (χ3v) is 3.18. The Morgan fingerprint density at radius 3 is 2.52 bits per heavy atom. The molecular formula is C11H17F3N6O. The smallest absolute Gasteiger partial charge is 0.335 e. The number of amides is 1. The number of alkyl halides is 3. The molecule has 0 saturated carbocycles. The average Bonchev–Trinajstić information content (AvgIpc) is 2.86. The highest BCUT2D eigenvalue weighted by atomic mass is 19.4. The van der Waals surface area contributed by atoms with Gasteiger partial charge in [-0.3, -0.25) is 14.4 Å². The van der Waals surface area contributed by atoms with Crippen molar-refractivity contribution in [3.05, 3.63) is 11.9 Å². The normalized spacial score (nSPS) is 17.2. The molecule has 1 aromatic heterocycles. The lowest BCUT2D eigenvalue weighted by atomic mass is 10.3. The molecule has 21 heavy (non-hydrogen) atoms. The second kappa shape index (κ2) is 6.39. The number of hydrogen-bond acceptors (Lipinski definition) is 5. The molecule has 0 aromatic carbocycles. The van der Waals surface area contributed by atoms with Crippen LogP contribution in [0.15, 0.2) is 6.20 Å². The Morgan fingerprint density at radius 1 is 1.29 bits per heavy atom. The van der Waals surface area contributed by atoms with Gasteiger partial charge in [-0.25, -0.2) is 0 Å². The number of rotatable bonds is 4. The predicted molar refractivity (Wildman–Crippen MR) is 67.5 cm³/mol. The van der Waals surface area contributed by atoms with Crippen molar-refractivity contribution in [2.75, 3.05) is 39.3 Å². The molecule has 1 amide bonds. The summed E-state index contributed by atoms with van der Waals surface area (Å²) >= 11 is 0. The molecule has 2 heterocycles. The Balaban J connectivity index is 1.87. The van der Waals surface area contributed by atoms with E-state index in [9.17, 15) is 18.0 Å². The Kier molecular flexibility index (Phi) is 4.78. The minimum atomic E-state index is -4.21. The highest BCUT2D eigenvalue weighted by Gasteiger charge is 2.33. The molecule has 0 atom stereocenters. The Labute approximate surface area is 119 Å². The van der Waals surface area contributed by atoms with Gasteiger partial charge in [0.2, 0.25) is 0 Å². The van der Waals surface area contributed by atoms with Gasteiger partial charge in [0.05, 0.1) is 19.3 Å². The van der Waals surface area contributed by atoms with Gasteiger partial charge in [-0.05, 0) is 0 Å². The molecule has 0 radical (unpaired) electrons. The molecule has 2 rings (SSSR count). The van der Waals surface area contributed by atoms with E-state index < -0.39 is 12.7 Å². The third kappa shape index (κ3) is 4.39. The Morgan fingerprint density at radius 2 is 1.95 bits per heavy atom. The maximum absolute atomic E-state index is 12.3.